The van der Waals surface area contributed by atoms with Crippen LogP contribution < -0.4 is 0 Å². The number of hydrogen-bond donors (Lipinski definition) is 0. The summed E-state index contributed by atoms with van der Waals surface area (Å²) in [7, 11) is 0. The molecule has 0 aliphatic carbocycles. The van der Waals surface area contributed by atoms with E-state index in [0.717, 1.165) is 25.9 Å². The zero-order valence-corrected chi connectivity index (χ0v) is 18.5. The number of hydrogen-bond acceptors (Lipinski definition) is 6. The number of ether oxygens (including phenoxy) is 5. The van der Waals surface area contributed by atoms with Crippen LogP contribution in [0.1, 0.15) is 72.1 Å². The SMILES string of the molecule is CCCCCCCCC(=O)OCCOCCOCCOCCOCC(C)CC. The van der Waals surface area contributed by atoms with Crippen molar-refractivity contribution in [2.75, 3.05) is 59.5 Å². The molecule has 0 amide bonds. The van der Waals surface area contributed by atoms with Crippen molar-refractivity contribution in [2.45, 2.75) is 72.1 Å². The quantitative estimate of drug-likeness (QED) is 0.197. The molecule has 0 aliphatic heterocycles. The van der Waals surface area contributed by atoms with Crippen molar-refractivity contribution in [3.8, 4) is 0 Å². The van der Waals surface area contributed by atoms with Crippen LogP contribution in [0.25, 0.3) is 0 Å². The van der Waals surface area contributed by atoms with Gasteiger partial charge in [-0.3, -0.25) is 4.79 Å². The minimum Gasteiger partial charge on any atom is -0.463 e. The van der Waals surface area contributed by atoms with Crippen LogP contribution in [0.3, 0.4) is 0 Å². The van der Waals surface area contributed by atoms with E-state index in [2.05, 4.69) is 20.8 Å². The van der Waals surface area contributed by atoms with Crippen LogP contribution in [-0.2, 0) is 28.5 Å². The number of unbranched alkanes of at least 4 members (excludes halogenated alkanes) is 5. The maximum Gasteiger partial charge on any atom is 0.305 e. The molecule has 0 radical (unpaired) electrons. The summed E-state index contributed by atoms with van der Waals surface area (Å²) in [5, 5.41) is 0. The average Bonchev–Trinajstić information content (AvgIpc) is 2.70. The fourth-order valence-corrected chi connectivity index (χ4v) is 2.40. The van der Waals surface area contributed by atoms with Gasteiger partial charge in [0.05, 0.1) is 46.2 Å². The van der Waals surface area contributed by atoms with E-state index in [0.29, 0.717) is 65.2 Å². The van der Waals surface area contributed by atoms with Gasteiger partial charge in [0.25, 0.3) is 0 Å². The Kier molecular flexibility index (Phi) is 22.0. The van der Waals surface area contributed by atoms with Gasteiger partial charge in [0, 0.05) is 13.0 Å². The lowest BCUT2D eigenvalue weighted by atomic mass is 10.1. The van der Waals surface area contributed by atoms with E-state index in [-0.39, 0.29) is 5.97 Å². The average molecular weight is 405 g/mol. The summed E-state index contributed by atoms with van der Waals surface area (Å²) in [5.41, 5.74) is 0. The van der Waals surface area contributed by atoms with E-state index >= 15 is 0 Å². The number of esters is 1. The number of carbonyl (C=O) groups excluding carboxylic acids is 1. The van der Waals surface area contributed by atoms with Crippen LogP contribution in [0.2, 0.25) is 0 Å². The topological polar surface area (TPSA) is 63.2 Å². The van der Waals surface area contributed by atoms with E-state index in [1.807, 2.05) is 0 Å². The van der Waals surface area contributed by atoms with Crippen LogP contribution in [0.15, 0.2) is 0 Å². The largest absolute Gasteiger partial charge is 0.463 e. The minimum atomic E-state index is -0.124. The predicted octanol–water partition coefficient (Wildman–Crippen LogP) is 4.39. The Morgan fingerprint density at radius 1 is 0.679 bits per heavy atom. The molecule has 6 heteroatoms. The maximum absolute atomic E-state index is 11.6. The monoisotopic (exact) mass is 404 g/mol. The number of rotatable bonds is 22. The molecular weight excluding hydrogens is 360 g/mol. The molecule has 0 fully saturated rings. The zero-order valence-electron chi connectivity index (χ0n) is 18.5. The highest BCUT2D eigenvalue weighted by molar-refractivity contribution is 5.69. The highest BCUT2D eigenvalue weighted by Crippen LogP contribution is 2.07. The summed E-state index contributed by atoms with van der Waals surface area (Å²) < 4.78 is 26.9. The molecule has 1 atom stereocenters. The van der Waals surface area contributed by atoms with Crippen LogP contribution >= 0.6 is 0 Å². The third-order valence-electron chi connectivity index (χ3n) is 4.44. The minimum absolute atomic E-state index is 0.124. The molecule has 0 saturated carbocycles. The smallest absolute Gasteiger partial charge is 0.305 e. The summed E-state index contributed by atoms with van der Waals surface area (Å²) >= 11 is 0. The van der Waals surface area contributed by atoms with Gasteiger partial charge in [0.2, 0.25) is 0 Å². The Morgan fingerprint density at radius 2 is 1.18 bits per heavy atom. The van der Waals surface area contributed by atoms with Crippen LogP contribution in [-0.4, -0.2) is 65.4 Å². The molecule has 0 aromatic heterocycles. The second-order valence-electron chi connectivity index (χ2n) is 7.16. The van der Waals surface area contributed by atoms with Crippen molar-refractivity contribution in [2.24, 2.45) is 5.92 Å². The van der Waals surface area contributed by atoms with Crippen molar-refractivity contribution in [3.05, 3.63) is 0 Å². The van der Waals surface area contributed by atoms with Crippen molar-refractivity contribution >= 4 is 5.97 Å². The molecule has 1 unspecified atom stereocenters. The Morgan fingerprint density at radius 3 is 1.75 bits per heavy atom. The molecule has 0 aromatic rings. The molecular formula is C22H44O6. The van der Waals surface area contributed by atoms with E-state index in [1.165, 1.54) is 25.7 Å². The fraction of sp³-hybridized carbons (Fsp3) is 0.955. The van der Waals surface area contributed by atoms with Gasteiger partial charge in [-0.05, 0) is 12.3 Å². The first kappa shape index (κ1) is 27.3. The van der Waals surface area contributed by atoms with Gasteiger partial charge in [-0.1, -0.05) is 59.3 Å². The van der Waals surface area contributed by atoms with Crippen molar-refractivity contribution in [3.63, 3.8) is 0 Å². The second-order valence-corrected chi connectivity index (χ2v) is 7.16. The van der Waals surface area contributed by atoms with Crippen LogP contribution in [0.5, 0.6) is 0 Å². The van der Waals surface area contributed by atoms with E-state index in [4.69, 9.17) is 23.7 Å². The molecule has 0 N–H and O–H groups in total. The highest BCUT2D eigenvalue weighted by Gasteiger charge is 2.02. The van der Waals surface area contributed by atoms with Crippen molar-refractivity contribution in [1.29, 1.82) is 0 Å². The van der Waals surface area contributed by atoms with Gasteiger partial charge in [-0.25, -0.2) is 0 Å². The Hall–Kier alpha value is -0.690. The summed E-state index contributed by atoms with van der Waals surface area (Å²) in [5.74, 6) is 0.479. The van der Waals surface area contributed by atoms with Crippen molar-refractivity contribution in [1.82, 2.24) is 0 Å². The fourth-order valence-electron chi connectivity index (χ4n) is 2.40. The molecule has 0 bridgehead atoms. The zero-order chi connectivity index (χ0) is 20.7. The van der Waals surface area contributed by atoms with Gasteiger partial charge < -0.3 is 23.7 Å². The van der Waals surface area contributed by atoms with E-state index < -0.39 is 0 Å². The third kappa shape index (κ3) is 21.6. The lowest BCUT2D eigenvalue weighted by molar-refractivity contribution is -0.145. The molecule has 168 valence electrons. The van der Waals surface area contributed by atoms with Gasteiger partial charge in [0.1, 0.15) is 6.61 Å². The normalized spacial score (nSPS) is 12.2. The second kappa shape index (κ2) is 22.6. The first-order valence-electron chi connectivity index (χ1n) is 11.2. The predicted molar refractivity (Wildman–Crippen MR) is 112 cm³/mol. The standard InChI is InChI=1S/C22H44O6/c1-4-6-7-8-9-10-11-22(23)28-19-18-26-15-14-24-12-13-25-16-17-27-20-21(3)5-2/h21H,4-20H2,1-3H3. The van der Waals surface area contributed by atoms with Crippen LogP contribution in [0.4, 0.5) is 0 Å². The van der Waals surface area contributed by atoms with Crippen molar-refractivity contribution < 1.29 is 28.5 Å². The highest BCUT2D eigenvalue weighted by atomic mass is 16.6. The number of carbonyl (C=O) groups is 1. The Bertz CT molecular complexity index is 324. The Labute approximate surface area is 172 Å². The van der Waals surface area contributed by atoms with Gasteiger partial charge in [-0.15, -0.1) is 0 Å². The first-order valence-corrected chi connectivity index (χ1v) is 11.2. The van der Waals surface area contributed by atoms with Gasteiger partial charge in [-0.2, -0.15) is 0 Å². The molecule has 0 rings (SSSR count). The van der Waals surface area contributed by atoms with Crippen LogP contribution in [0, 0.1) is 5.92 Å². The van der Waals surface area contributed by atoms with E-state index in [9.17, 15) is 4.79 Å². The van der Waals surface area contributed by atoms with E-state index in [1.54, 1.807) is 0 Å². The summed E-state index contributed by atoms with van der Waals surface area (Å²) in [6.07, 6.45) is 8.68. The lowest BCUT2D eigenvalue weighted by Gasteiger charge is -2.10. The lowest BCUT2D eigenvalue weighted by Crippen LogP contribution is -2.15. The summed E-state index contributed by atoms with van der Waals surface area (Å²) in [6.45, 7) is 11.4. The molecule has 0 heterocycles. The molecule has 0 spiro atoms. The maximum atomic E-state index is 11.6. The summed E-state index contributed by atoms with van der Waals surface area (Å²) in [6, 6.07) is 0. The molecule has 6 nitrogen and oxygen atoms in total. The Balaban J connectivity index is 3.14. The van der Waals surface area contributed by atoms with Gasteiger partial charge in [0.15, 0.2) is 0 Å². The third-order valence-corrected chi connectivity index (χ3v) is 4.44. The molecule has 28 heavy (non-hydrogen) atoms. The molecule has 0 saturated heterocycles. The summed E-state index contributed by atoms with van der Waals surface area (Å²) in [4.78, 5) is 11.6. The molecule has 0 aromatic carbocycles. The van der Waals surface area contributed by atoms with Gasteiger partial charge >= 0.3 is 5.97 Å². The molecule has 0 aliphatic rings. The first-order chi connectivity index (χ1) is 13.7.